The van der Waals surface area contributed by atoms with Crippen LogP contribution in [0.25, 0.3) is 10.9 Å². The lowest BCUT2D eigenvalue weighted by Gasteiger charge is -2.05. The first-order valence-corrected chi connectivity index (χ1v) is 5.22. The smallest absolute Gasteiger partial charge is 0.328 e. The molecule has 0 atom stereocenters. The number of nitrogens with zero attached hydrogens (tertiary/aromatic N) is 1. The van der Waals surface area contributed by atoms with E-state index in [-0.39, 0.29) is 0 Å². The fourth-order valence-electron chi connectivity index (χ4n) is 1.53. The third-order valence-corrected chi connectivity index (χ3v) is 2.28. The van der Waals surface area contributed by atoms with Gasteiger partial charge in [-0.2, -0.15) is 0 Å². The van der Waals surface area contributed by atoms with Crippen molar-refractivity contribution in [3.8, 4) is 0 Å². The normalized spacial score (nSPS) is 10.7. The van der Waals surface area contributed by atoms with Crippen molar-refractivity contribution in [2.75, 3.05) is 5.32 Å². The summed E-state index contributed by atoms with van der Waals surface area (Å²) in [5.74, 6) is -1.65. The molecule has 1 amide bonds. The van der Waals surface area contributed by atoms with E-state index in [1.54, 1.807) is 24.4 Å². The van der Waals surface area contributed by atoms with Crippen molar-refractivity contribution in [1.82, 2.24) is 4.98 Å². The number of anilines is 1. The van der Waals surface area contributed by atoms with E-state index in [0.717, 1.165) is 23.1 Å². The van der Waals surface area contributed by atoms with Crippen LogP contribution in [0.4, 0.5) is 5.69 Å². The Bertz CT molecular complexity index is 630. The number of carboxylic acids is 1. The number of rotatable bonds is 3. The number of hydrogen-bond donors (Lipinski definition) is 2. The summed E-state index contributed by atoms with van der Waals surface area (Å²) in [6, 6.07) is 8.93. The highest BCUT2D eigenvalue weighted by Gasteiger charge is 2.03. The minimum absolute atomic E-state index is 0.492. The van der Waals surface area contributed by atoms with Gasteiger partial charge >= 0.3 is 5.97 Å². The zero-order valence-corrected chi connectivity index (χ0v) is 9.33. The molecule has 1 aromatic heterocycles. The van der Waals surface area contributed by atoms with Crippen LogP contribution in [0, 0.1) is 0 Å². The zero-order chi connectivity index (χ0) is 13.0. The predicted molar refractivity (Wildman–Crippen MR) is 67.1 cm³/mol. The van der Waals surface area contributed by atoms with Gasteiger partial charge in [0.05, 0.1) is 11.2 Å². The quantitative estimate of drug-likeness (QED) is 0.804. The molecule has 18 heavy (non-hydrogen) atoms. The maximum atomic E-state index is 11.5. The van der Waals surface area contributed by atoms with Crippen LogP contribution in [0.5, 0.6) is 0 Å². The van der Waals surface area contributed by atoms with Crippen LogP contribution in [0.1, 0.15) is 0 Å². The molecular formula is C13H10N2O3. The van der Waals surface area contributed by atoms with E-state index in [1.807, 2.05) is 12.1 Å². The highest BCUT2D eigenvalue weighted by atomic mass is 16.4. The average molecular weight is 242 g/mol. The van der Waals surface area contributed by atoms with Gasteiger partial charge in [0.2, 0.25) is 5.91 Å². The van der Waals surface area contributed by atoms with Crippen molar-refractivity contribution in [1.29, 1.82) is 0 Å². The van der Waals surface area contributed by atoms with Crippen molar-refractivity contribution >= 4 is 28.5 Å². The number of carboxylic acid groups (broad SMARTS) is 1. The number of benzene rings is 1. The van der Waals surface area contributed by atoms with Gasteiger partial charge in [0.25, 0.3) is 0 Å². The van der Waals surface area contributed by atoms with Gasteiger partial charge in [-0.15, -0.1) is 0 Å². The Morgan fingerprint density at radius 1 is 1.17 bits per heavy atom. The van der Waals surface area contributed by atoms with Crippen LogP contribution in [0.15, 0.2) is 48.7 Å². The first kappa shape index (κ1) is 11.8. The van der Waals surface area contributed by atoms with Crippen LogP contribution in [-0.4, -0.2) is 22.0 Å². The second kappa shape index (κ2) is 5.09. The molecule has 0 fully saturated rings. The Labute approximate surface area is 103 Å². The van der Waals surface area contributed by atoms with Gasteiger partial charge in [0.15, 0.2) is 0 Å². The highest BCUT2D eigenvalue weighted by molar-refractivity contribution is 6.06. The molecular weight excluding hydrogens is 232 g/mol. The first-order valence-electron chi connectivity index (χ1n) is 5.22. The Balaban J connectivity index is 2.27. The summed E-state index contributed by atoms with van der Waals surface area (Å²) in [6.45, 7) is 0. The molecule has 2 aromatic rings. The van der Waals surface area contributed by atoms with E-state index < -0.39 is 11.9 Å². The lowest BCUT2D eigenvalue weighted by Crippen LogP contribution is -2.09. The maximum absolute atomic E-state index is 11.5. The number of carbonyl (C=O) groups excluding carboxylic acids is 1. The van der Waals surface area contributed by atoms with Crippen LogP contribution in [0.3, 0.4) is 0 Å². The van der Waals surface area contributed by atoms with Crippen LogP contribution >= 0.6 is 0 Å². The number of aromatic nitrogens is 1. The number of amides is 1. The molecule has 0 aliphatic rings. The molecule has 2 rings (SSSR count). The average Bonchev–Trinajstić information content (AvgIpc) is 2.37. The monoisotopic (exact) mass is 242 g/mol. The third kappa shape index (κ3) is 2.70. The van der Waals surface area contributed by atoms with E-state index in [4.69, 9.17) is 5.11 Å². The molecule has 1 heterocycles. The fraction of sp³-hybridized carbons (Fsp3) is 0. The van der Waals surface area contributed by atoms with E-state index in [9.17, 15) is 9.59 Å². The number of nitrogens with one attached hydrogen (secondary N) is 1. The molecule has 90 valence electrons. The summed E-state index contributed by atoms with van der Waals surface area (Å²) in [5.41, 5.74) is 1.36. The predicted octanol–water partition coefficient (Wildman–Crippen LogP) is 1.81. The Kier molecular flexibility index (Phi) is 3.33. The summed E-state index contributed by atoms with van der Waals surface area (Å²) in [7, 11) is 0. The number of aliphatic carboxylic acids is 1. The van der Waals surface area contributed by atoms with E-state index in [0.29, 0.717) is 5.69 Å². The van der Waals surface area contributed by atoms with Crippen molar-refractivity contribution in [2.24, 2.45) is 0 Å². The van der Waals surface area contributed by atoms with Gasteiger partial charge in [-0.25, -0.2) is 4.79 Å². The lowest BCUT2D eigenvalue weighted by atomic mass is 10.2. The van der Waals surface area contributed by atoms with E-state index in [2.05, 4.69) is 10.3 Å². The summed E-state index contributed by atoms with van der Waals surface area (Å²) in [6.07, 6.45) is 3.43. The minimum Gasteiger partial charge on any atom is -0.478 e. The number of carbonyl (C=O) groups is 2. The molecule has 5 heteroatoms. The zero-order valence-electron chi connectivity index (χ0n) is 9.33. The summed E-state index contributed by atoms with van der Waals surface area (Å²) >= 11 is 0. The largest absolute Gasteiger partial charge is 0.478 e. The standard InChI is InChI=1S/C13H10N2O3/c16-12(6-7-13(17)18)15-11-5-1-4-10-9(11)3-2-8-14-10/h1-8H,(H,15,16)(H,17,18)/b7-6+. The Hall–Kier alpha value is -2.69. The minimum atomic E-state index is -1.16. The fourth-order valence-corrected chi connectivity index (χ4v) is 1.53. The molecule has 0 aliphatic heterocycles. The maximum Gasteiger partial charge on any atom is 0.328 e. The van der Waals surface area contributed by atoms with Crippen molar-refractivity contribution < 1.29 is 14.7 Å². The van der Waals surface area contributed by atoms with Gasteiger partial charge in [-0.05, 0) is 24.3 Å². The number of hydrogen-bond acceptors (Lipinski definition) is 3. The molecule has 0 unspecified atom stereocenters. The van der Waals surface area contributed by atoms with Crippen molar-refractivity contribution in [3.63, 3.8) is 0 Å². The van der Waals surface area contributed by atoms with E-state index in [1.165, 1.54) is 0 Å². The van der Waals surface area contributed by atoms with Gasteiger partial charge in [-0.3, -0.25) is 9.78 Å². The van der Waals surface area contributed by atoms with Crippen molar-refractivity contribution in [2.45, 2.75) is 0 Å². The van der Waals surface area contributed by atoms with Crippen LogP contribution in [0.2, 0.25) is 0 Å². The Morgan fingerprint density at radius 3 is 2.78 bits per heavy atom. The molecule has 0 bridgehead atoms. The number of fused-ring (bicyclic) bond motifs is 1. The highest BCUT2D eigenvalue weighted by Crippen LogP contribution is 2.21. The molecule has 2 N–H and O–H groups in total. The first-order chi connectivity index (χ1) is 8.66. The molecule has 0 saturated carbocycles. The van der Waals surface area contributed by atoms with Crippen LogP contribution in [-0.2, 0) is 9.59 Å². The topological polar surface area (TPSA) is 79.3 Å². The van der Waals surface area contributed by atoms with E-state index >= 15 is 0 Å². The lowest BCUT2D eigenvalue weighted by molar-refractivity contribution is -0.131. The molecule has 0 spiro atoms. The third-order valence-electron chi connectivity index (χ3n) is 2.28. The second-order valence-corrected chi connectivity index (χ2v) is 3.54. The summed E-state index contributed by atoms with van der Waals surface area (Å²) in [5, 5.41) is 11.8. The molecule has 0 radical (unpaired) electrons. The molecule has 5 nitrogen and oxygen atoms in total. The SMILES string of the molecule is O=C(O)/C=C/C(=O)Nc1cccc2ncccc12. The van der Waals surface area contributed by atoms with Gasteiger partial charge < -0.3 is 10.4 Å². The van der Waals surface area contributed by atoms with Gasteiger partial charge in [0, 0.05) is 23.7 Å². The Morgan fingerprint density at radius 2 is 2.00 bits per heavy atom. The number of pyridine rings is 1. The van der Waals surface area contributed by atoms with Crippen LogP contribution < -0.4 is 5.32 Å². The second-order valence-electron chi connectivity index (χ2n) is 3.54. The van der Waals surface area contributed by atoms with Gasteiger partial charge in [-0.1, -0.05) is 6.07 Å². The van der Waals surface area contributed by atoms with Gasteiger partial charge in [0.1, 0.15) is 0 Å². The van der Waals surface area contributed by atoms with Crippen molar-refractivity contribution in [3.05, 3.63) is 48.7 Å². The molecule has 1 aromatic carbocycles. The molecule has 0 aliphatic carbocycles. The molecule has 0 saturated heterocycles. The summed E-state index contributed by atoms with van der Waals surface area (Å²) < 4.78 is 0. The summed E-state index contributed by atoms with van der Waals surface area (Å²) in [4.78, 5) is 25.9.